The molecule has 0 bridgehead atoms. The van der Waals surface area contributed by atoms with Crippen LogP contribution in [0.25, 0.3) is 0 Å². The van der Waals surface area contributed by atoms with Crippen LogP contribution in [0.3, 0.4) is 0 Å². The zero-order chi connectivity index (χ0) is 11.5. The van der Waals surface area contributed by atoms with Crippen molar-refractivity contribution in [1.82, 2.24) is 4.90 Å². The summed E-state index contributed by atoms with van der Waals surface area (Å²) in [5, 5.41) is 8.96. The van der Waals surface area contributed by atoms with Gasteiger partial charge in [0, 0.05) is 6.54 Å². The van der Waals surface area contributed by atoms with E-state index < -0.39 is 11.4 Å². The second-order valence-electron chi connectivity index (χ2n) is 3.82. The molecule has 82 valence electrons. The number of carbonyl (C=O) groups excluding carboxylic acids is 1. The number of carboxylic acid groups (broad SMARTS) is 1. The van der Waals surface area contributed by atoms with Crippen LogP contribution in [0, 0.1) is 17.8 Å². The first-order valence-corrected chi connectivity index (χ1v) is 5.04. The van der Waals surface area contributed by atoms with Crippen molar-refractivity contribution in [3.8, 4) is 12.3 Å². The summed E-state index contributed by atoms with van der Waals surface area (Å²) in [4.78, 5) is 24.3. The summed E-state index contributed by atoms with van der Waals surface area (Å²) in [5.74, 6) is 1.04. The van der Waals surface area contributed by atoms with Gasteiger partial charge in [0.05, 0.1) is 6.54 Å². The lowest BCUT2D eigenvalue weighted by Gasteiger charge is -2.22. The van der Waals surface area contributed by atoms with Crippen LogP contribution in [0.1, 0.15) is 26.2 Å². The molecular weight excluding hydrogens is 194 g/mol. The molecule has 0 spiro atoms. The number of amides is 1. The van der Waals surface area contributed by atoms with Crippen LogP contribution in [0.5, 0.6) is 0 Å². The molecule has 1 saturated carbocycles. The molecule has 4 heteroatoms. The minimum atomic E-state index is -1.16. The van der Waals surface area contributed by atoms with Gasteiger partial charge in [-0.3, -0.25) is 9.59 Å². The van der Waals surface area contributed by atoms with Gasteiger partial charge in [0.1, 0.15) is 5.41 Å². The van der Waals surface area contributed by atoms with Gasteiger partial charge in [0.15, 0.2) is 0 Å². The van der Waals surface area contributed by atoms with Gasteiger partial charge in [-0.05, 0) is 19.3 Å². The Bertz CT molecular complexity index is 312. The highest BCUT2D eigenvalue weighted by Crippen LogP contribution is 2.47. The van der Waals surface area contributed by atoms with Gasteiger partial charge in [-0.15, -0.1) is 6.42 Å². The Balaban J connectivity index is 2.73. The Morgan fingerprint density at radius 1 is 1.53 bits per heavy atom. The molecule has 1 aliphatic carbocycles. The van der Waals surface area contributed by atoms with Crippen LogP contribution in [0.15, 0.2) is 0 Å². The molecule has 1 fully saturated rings. The molecule has 0 aromatic heterocycles. The molecule has 1 aliphatic rings. The zero-order valence-corrected chi connectivity index (χ0v) is 8.82. The Hall–Kier alpha value is -1.50. The van der Waals surface area contributed by atoms with Crippen LogP contribution in [-0.2, 0) is 9.59 Å². The zero-order valence-electron chi connectivity index (χ0n) is 8.82. The SMILES string of the molecule is C#CCN(CCC)C(=O)C1(C(=O)O)CC1. The lowest BCUT2D eigenvalue weighted by Crippen LogP contribution is -2.41. The van der Waals surface area contributed by atoms with E-state index in [1.807, 2.05) is 6.92 Å². The molecule has 0 unspecified atom stereocenters. The quantitative estimate of drug-likeness (QED) is 0.536. The Morgan fingerprint density at radius 2 is 2.13 bits per heavy atom. The topological polar surface area (TPSA) is 57.6 Å². The maximum Gasteiger partial charge on any atom is 0.319 e. The van der Waals surface area contributed by atoms with Crippen LogP contribution in [0.2, 0.25) is 0 Å². The highest BCUT2D eigenvalue weighted by Gasteiger charge is 2.58. The van der Waals surface area contributed by atoms with Crippen molar-refractivity contribution in [2.24, 2.45) is 5.41 Å². The molecule has 1 rings (SSSR count). The van der Waals surface area contributed by atoms with E-state index in [0.29, 0.717) is 19.4 Å². The van der Waals surface area contributed by atoms with Gasteiger partial charge in [-0.1, -0.05) is 12.8 Å². The van der Waals surface area contributed by atoms with Crippen LogP contribution in [-0.4, -0.2) is 35.0 Å². The van der Waals surface area contributed by atoms with Crippen molar-refractivity contribution in [2.45, 2.75) is 26.2 Å². The number of terminal acetylenes is 1. The van der Waals surface area contributed by atoms with Crippen molar-refractivity contribution < 1.29 is 14.7 Å². The minimum Gasteiger partial charge on any atom is -0.480 e. The number of hydrogen-bond donors (Lipinski definition) is 1. The summed E-state index contributed by atoms with van der Waals surface area (Å²) < 4.78 is 0. The smallest absolute Gasteiger partial charge is 0.319 e. The summed E-state index contributed by atoms with van der Waals surface area (Å²) in [6.07, 6.45) is 6.80. The predicted molar refractivity (Wildman–Crippen MR) is 55.0 cm³/mol. The number of aliphatic carboxylic acids is 1. The van der Waals surface area contributed by atoms with E-state index >= 15 is 0 Å². The summed E-state index contributed by atoms with van der Waals surface area (Å²) in [6, 6.07) is 0. The van der Waals surface area contributed by atoms with Gasteiger partial charge in [0.2, 0.25) is 5.91 Å². The second-order valence-corrected chi connectivity index (χ2v) is 3.82. The Kier molecular flexibility index (Phi) is 3.35. The van der Waals surface area contributed by atoms with Gasteiger partial charge in [0.25, 0.3) is 0 Å². The molecular formula is C11H15NO3. The highest BCUT2D eigenvalue weighted by molar-refractivity contribution is 6.04. The first kappa shape index (κ1) is 11.6. The van der Waals surface area contributed by atoms with Crippen molar-refractivity contribution in [1.29, 1.82) is 0 Å². The lowest BCUT2D eigenvalue weighted by molar-refractivity contribution is -0.153. The third-order valence-electron chi connectivity index (χ3n) is 2.63. The third-order valence-corrected chi connectivity index (χ3v) is 2.63. The van der Waals surface area contributed by atoms with Crippen molar-refractivity contribution in [2.75, 3.05) is 13.1 Å². The lowest BCUT2D eigenvalue weighted by atomic mass is 10.1. The van der Waals surface area contributed by atoms with E-state index in [4.69, 9.17) is 11.5 Å². The van der Waals surface area contributed by atoms with E-state index in [9.17, 15) is 9.59 Å². The van der Waals surface area contributed by atoms with E-state index in [2.05, 4.69) is 5.92 Å². The summed E-state index contributed by atoms with van der Waals surface area (Å²) in [6.45, 7) is 2.65. The van der Waals surface area contributed by atoms with E-state index in [0.717, 1.165) is 6.42 Å². The summed E-state index contributed by atoms with van der Waals surface area (Å²) >= 11 is 0. The molecule has 0 saturated heterocycles. The molecule has 0 radical (unpaired) electrons. The first-order valence-electron chi connectivity index (χ1n) is 5.04. The maximum absolute atomic E-state index is 11.9. The summed E-state index contributed by atoms with van der Waals surface area (Å²) in [7, 11) is 0. The average Bonchev–Trinajstić information content (AvgIpc) is 2.97. The van der Waals surface area contributed by atoms with Crippen molar-refractivity contribution in [3.05, 3.63) is 0 Å². The third kappa shape index (κ3) is 2.12. The fraction of sp³-hybridized carbons (Fsp3) is 0.636. The maximum atomic E-state index is 11.9. The summed E-state index contributed by atoms with van der Waals surface area (Å²) in [5.41, 5.74) is -1.16. The van der Waals surface area contributed by atoms with Gasteiger partial charge < -0.3 is 10.0 Å². The molecule has 0 aliphatic heterocycles. The molecule has 0 aromatic rings. The average molecular weight is 209 g/mol. The van der Waals surface area contributed by atoms with E-state index in [1.165, 1.54) is 4.90 Å². The first-order chi connectivity index (χ1) is 7.08. The second kappa shape index (κ2) is 4.35. The Morgan fingerprint density at radius 3 is 2.47 bits per heavy atom. The fourth-order valence-corrected chi connectivity index (χ4v) is 1.58. The minimum absolute atomic E-state index is 0.196. The van der Waals surface area contributed by atoms with Gasteiger partial charge in [-0.25, -0.2) is 0 Å². The number of carbonyl (C=O) groups is 2. The van der Waals surface area contributed by atoms with Crippen LogP contribution in [0.4, 0.5) is 0 Å². The number of hydrogen-bond acceptors (Lipinski definition) is 2. The van der Waals surface area contributed by atoms with E-state index in [-0.39, 0.29) is 12.5 Å². The Labute approximate surface area is 89.3 Å². The fourth-order valence-electron chi connectivity index (χ4n) is 1.58. The number of rotatable bonds is 5. The van der Waals surface area contributed by atoms with Gasteiger partial charge in [-0.2, -0.15) is 0 Å². The number of carboxylic acids is 1. The molecule has 0 aromatic carbocycles. The molecule has 1 N–H and O–H groups in total. The molecule has 0 heterocycles. The predicted octanol–water partition coefficient (Wildman–Crippen LogP) is 0.723. The van der Waals surface area contributed by atoms with Crippen molar-refractivity contribution >= 4 is 11.9 Å². The molecule has 1 amide bonds. The van der Waals surface area contributed by atoms with Gasteiger partial charge >= 0.3 is 5.97 Å². The molecule has 0 atom stereocenters. The highest BCUT2D eigenvalue weighted by atomic mass is 16.4. The molecule has 4 nitrogen and oxygen atoms in total. The molecule has 15 heavy (non-hydrogen) atoms. The largest absolute Gasteiger partial charge is 0.480 e. The normalized spacial score (nSPS) is 16.5. The monoisotopic (exact) mass is 209 g/mol. The van der Waals surface area contributed by atoms with Crippen LogP contribution >= 0.6 is 0 Å². The van der Waals surface area contributed by atoms with Crippen molar-refractivity contribution in [3.63, 3.8) is 0 Å². The van der Waals surface area contributed by atoms with Crippen LogP contribution < -0.4 is 0 Å². The standard InChI is InChI=1S/C11H15NO3/c1-3-7-12(8-4-2)9(13)11(5-6-11)10(14)15/h1H,4-8H2,2H3,(H,14,15). The number of nitrogens with zero attached hydrogens (tertiary/aromatic N) is 1. The van der Waals surface area contributed by atoms with E-state index in [1.54, 1.807) is 0 Å².